The second-order valence-electron chi connectivity index (χ2n) is 25.3. The summed E-state index contributed by atoms with van der Waals surface area (Å²) in [6.07, 6.45) is 5.59. The lowest BCUT2D eigenvalue weighted by Gasteiger charge is -2.44. The predicted octanol–water partition coefficient (Wildman–Crippen LogP) is 15.0. The van der Waals surface area contributed by atoms with Crippen molar-refractivity contribution in [3.8, 4) is 11.5 Å². The summed E-state index contributed by atoms with van der Waals surface area (Å²) >= 11 is 0. The quantitative estimate of drug-likeness (QED) is 0.0445. The molecule has 0 spiro atoms. The molecule has 4 aromatic rings. The molecule has 8 nitrogen and oxygen atoms in total. The summed E-state index contributed by atoms with van der Waals surface area (Å²) in [6.45, 7) is 43.0. The van der Waals surface area contributed by atoms with Gasteiger partial charge in [-0.3, -0.25) is 0 Å². The van der Waals surface area contributed by atoms with E-state index in [0.29, 0.717) is 32.8 Å². The normalized spacial score (nSPS) is 16.7. The summed E-state index contributed by atoms with van der Waals surface area (Å²) < 4.78 is 46.5. The number of aliphatic hydroxyl groups is 1. The van der Waals surface area contributed by atoms with Crippen LogP contribution in [0, 0.1) is 23.7 Å². The lowest BCUT2D eigenvalue weighted by atomic mass is 9.85. The second-order valence-corrected chi connectivity index (χ2v) is 39.2. The monoisotopic (exact) mass is 1080 g/mol. The van der Waals surface area contributed by atoms with E-state index in [4.69, 9.17) is 32.2 Å². The van der Waals surface area contributed by atoms with Gasteiger partial charge in [-0.05, 0) is 106 Å². The first-order valence-electron chi connectivity index (χ1n) is 27.6. The van der Waals surface area contributed by atoms with Crippen molar-refractivity contribution in [1.82, 2.24) is 0 Å². The van der Waals surface area contributed by atoms with Crippen LogP contribution in [0.15, 0.2) is 133 Å². The smallest absolute Gasteiger partial charge is 0.261 e. The highest BCUT2D eigenvalue weighted by atomic mass is 28.4. The van der Waals surface area contributed by atoms with Gasteiger partial charge in [-0.15, -0.1) is 0 Å². The molecule has 1 N–H and O–H groups in total. The van der Waals surface area contributed by atoms with Crippen LogP contribution in [0.1, 0.15) is 114 Å². The molecule has 416 valence electrons. The van der Waals surface area contributed by atoms with E-state index in [2.05, 4.69) is 220 Å². The predicted molar refractivity (Wildman–Crippen MR) is 322 cm³/mol. The van der Waals surface area contributed by atoms with Crippen LogP contribution in [-0.2, 0) is 36.0 Å². The van der Waals surface area contributed by atoms with Crippen LogP contribution in [0.2, 0.25) is 41.3 Å². The van der Waals surface area contributed by atoms with E-state index in [1.807, 2.05) is 30.3 Å². The Kier molecular flexibility index (Phi) is 23.7. The van der Waals surface area contributed by atoms with E-state index in [9.17, 15) is 5.11 Å². The third kappa shape index (κ3) is 17.7. The molecule has 0 aliphatic carbocycles. The van der Waals surface area contributed by atoms with Gasteiger partial charge in [0.05, 0.1) is 51.8 Å². The molecule has 0 aromatic heterocycles. The van der Waals surface area contributed by atoms with Crippen LogP contribution in [0.4, 0.5) is 0 Å². The van der Waals surface area contributed by atoms with Crippen LogP contribution in [-0.4, -0.2) is 81.9 Å². The Labute approximate surface area is 459 Å². The topological polar surface area (TPSA) is 84.8 Å². The zero-order valence-electron chi connectivity index (χ0n) is 50.1. The first-order valence-corrected chi connectivity index (χ1v) is 35.3. The third-order valence-electron chi connectivity index (χ3n) is 16.4. The summed E-state index contributed by atoms with van der Waals surface area (Å²) in [4.78, 5) is 0. The van der Waals surface area contributed by atoms with Crippen LogP contribution >= 0.6 is 0 Å². The van der Waals surface area contributed by atoms with Gasteiger partial charge >= 0.3 is 0 Å². The minimum atomic E-state index is -2.77. The van der Waals surface area contributed by atoms with E-state index in [1.165, 1.54) is 10.4 Å². The Morgan fingerprint density at radius 2 is 1.04 bits per heavy atom. The van der Waals surface area contributed by atoms with Gasteiger partial charge in [0.15, 0.2) is 16.6 Å². The molecule has 75 heavy (non-hydrogen) atoms. The van der Waals surface area contributed by atoms with Crippen LogP contribution in [0.5, 0.6) is 11.5 Å². The van der Waals surface area contributed by atoms with Gasteiger partial charge in [-0.1, -0.05) is 193 Å². The Morgan fingerprint density at radius 3 is 1.48 bits per heavy atom. The number of ether oxygens (including phenoxy) is 4. The maximum atomic E-state index is 12.0. The molecule has 4 aromatic carbocycles. The number of rotatable bonds is 28. The van der Waals surface area contributed by atoms with Gasteiger partial charge < -0.3 is 37.3 Å². The van der Waals surface area contributed by atoms with E-state index in [1.54, 1.807) is 14.2 Å². The van der Waals surface area contributed by atoms with Crippen molar-refractivity contribution in [3.63, 3.8) is 0 Å². The molecule has 0 bridgehead atoms. The third-order valence-corrected chi connectivity index (χ3v) is 30.4. The molecule has 0 aliphatic rings. The van der Waals surface area contributed by atoms with Crippen molar-refractivity contribution in [3.05, 3.63) is 144 Å². The first-order chi connectivity index (χ1) is 35.0. The Hall–Kier alpha value is -3.63. The minimum Gasteiger partial charge on any atom is -0.497 e. The van der Waals surface area contributed by atoms with Gasteiger partial charge in [0.25, 0.3) is 8.32 Å². The van der Waals surface area contributed by atoms with E-state index in [-0.39, 0.29) is 57.1 Å². The largest absolute Gasteiger partial charge is 0.497 e. The SMILES string of the molecule is COc1ccc(CO[C@@H]([C@H](C)[C@@H](O[Si](C)(C)C(C)(C)C)/C(C)=C/[C@H](C)[C@@H](O)/C=C/[C@@H](C)[C@@H](CCO[Si](c2ccccc2)(c2ccccc2)C(C)(C)C)OCc2ccc(OC)cc2)[C@@H](C)CO[Si](C)(C)C(C)(C)C)cc1. The Morgan fingerprint density at radius 1 is 0.573 bits per heavy atom. The molecular weight excluding hydrogens is 981 g/mol. The summed E-state index contributed by atoms with van der Waals surface area (Å²) in [7, 11) is -3.76. The van der Waals surface area contributed by atoms with E-state index in [0.717, 1.165) is 28.2 Å². The minimum absolute atomic E-state index is 0.0255. The Bertz CT molecular complexity index is 2290. The summed E-state index contributed by atoms with van der Waals surface area (Å²) in [5.41, 5.74) is 3.24. The average molecular weight is 1080 g/mol. The van der Waals surface area contributed by atoms with Crippen molar-refractivity contribution >= 4 is 35.3 Å². The fourth-order valence-corrected chi connectivity index (χ4v) is 16.5. The van der Waals surface area contributed by atoms with Crippen LogP contribution in [0.25, 0.3) is 0 Å². The molecule has 0 fully saturated rings. The maximum absolute atomic E-state index is 12.0. The van der Waals surface area contributed by atoms with Gasteiger partial charge in [-0.25, -0.2) is 0 Å². The lowest BCUT2D eigenvalue weighted by molar-refractivity contribution is -0.0640. The number of hydrogen-bond acceptors (Lipinski definition) is 8. The van der Waals surface area contributed by atoms with Gasteiger partial charge in [0.1, 0.15) is 11.5 Å². The summed E-state index contributed by atoms with van der Waals surface area (Å²) in [5.74, 6) is 1.42. The highest BCUT2D eigenvalue weighted by Gasteiger charge is 2.50. The Balaban J connectivity index is 1.66. The number of hydrogen-bond donors (Lipinski definition) is 1. The fraction of sp³-hybridized carbons (Fsp3) is 0.562. The van der Waals surface area contributed by atoms with Gasteiger partial charge in [0, 0.05) is 36.9 Å². The highest BCUT2D eigenvalue weighted by Crippen LogP contribution is 2.42. The fourth-order valence-electron chi connectivity index (χ4n) is 9.39. The number of aliphatic hydroxyl groups excluding tert-OH is 1. The zero-order chi connectivity index (χ0) is 56.0. The molecule has 0 amide bonds. The molecular formula is C64H100O8Si3. The molecule has 0 aliphatic heterocycles. The van der Waals surface area contributed by atoms with Crippen molar-refractivity contribution < 1.29 is 37.3 Å². The van der Waals surface area contributed by atoms with Crippen LogP contribution < -0.4 is 19.8 Å². The van der Waals surface area contributed by atoms with Crippen molar-refractivity contribution in [2.75, 3.05) is 27.4 Å². The molecule has 11 heteroatoms. The first kappa shape index (κ1) is 63.9. The second kappa shape index (κ2) is 27.8. The average Bonchev–Trinajstić information content (AvgIpc) is 3.36. The van der Waals surface area contributed by atoms with Crippen molar-refractivity contribution in [2.24, 2.45) is 23.7 Å². The molecule has 0 heterocycles. The molecule has 0 saturated carbocycles. The van der Waals surface area contributed by atoms with Gasteiger partial charge in [0.2, 0.25) is 0 Å². The zero-order valence-corrected chi connectivity index (χ0v) is 53.1. The lowest BCUT2D eigenvalue weighted by Crippen LogP contribution is -2.66. The summed E-state index contributed by atoms with van der Waals surface area (Å²) in [6, 6.07) is 37.7. The molecule has 4 rings (SSSR count). The molecule has 0 unspecified atom stereocenters. The maximum Gasteiger partial charge on any atom is 0.261 e. The molecule has 0 saturated heterocycles. The van der Waals surface area contributed by atoms with Gasteiger partial charge in [-0.2, -0.15) is 0 Å². The standard InChI is InChI=1S/C64H100O8Si3/c1-47(59(68-45-52-32-36-54(66-15)37-33-52)41-42-70-75(64(12,13)14,56-27-23-21-24-28-56)57-29-25-22-26-30-57)31-40-58(65)48(2)43-49(3)61(72-74(19,20)63(9,10)11)51(5)60(50(4)44-71-73(17,18)62(6,7)8)69-46-53-34-38-55(67-16)39-35-53/h21-40,43,47-48,50-51,58-61,65H,41-42,44-46H2,1-20H3/b40-31+,49-43+/t47-,48+,50+,51+,58+,59-,60-,61+/m1/s1. The molecule has 8 atom stereocenters. The highest BCUT2D eigenvalue weighted by molar-refractivity contribution is 6.99. The van der Waals surface area contributed by atoms with E-state index < -0.39 is 31.1 Å². The van der Waals surface area contributed by atoms with Crippen molar-refractivity contribution in [1.29, 1.82) is 0 Å². The molecule has 0 radical (unpaired) electrons. The van der Waals surface area contributed by atoms with Crippen LogP contribution in [0.3, 0.4) is 0 Å². The summed E-state index contributed by atoms with van der Waals surface area (Å²) in [5, 5.41) is 14.4. The number of methoxy groups -OCH3 is 2. The van der Waals surface area contributed by atoms with Crippen molar-refractivity contribution in [2.45, 2.75) is 182 Å². The van der Waals surface area contributed by atoms with E-state index >= 15 is 0 Å². The number of benzene rings is 4.